The summed E-state index contributed by atoms with van der Waals surface area (Å²) in [6.45, 7) is 2.44. The zero-order valence-electron chi connectivity index (χ0n) is 7.25. The number of hydrogen-bond donors (Lipinski definition) is 1. The lowest BCUT2D eigenvalue weighted by Crippen LogP contribution is -2.33. The minimum atomic E-state index is -1.63. The van der Waals surface area contributed by atoms with E-state index in [1.807, 2.05) is 0 Å². The van der Waals surface area contributed by atoms with Crippen molar-refractivity contribution in [3.63, 3.8) is 0 Å². The summed E-state index contributed by atoms with van der Waals surface area (Å²) in [7, 11) is 1.04. The summed E-state index contributed by atoms with van der Waals surface area (Å²) in [5.41, 5.74) is 0. The lowest BCUT2D eigenvalue weighted by molar-refractivity contribution is -1.20. The molecule has 0 aromatic rings. The second kappa shape index (κ2) is 5.49. The summed E-state index contributed by atoms with van der Waals surface area (Å²) in [5, 5.41) is 18.9. The molecule has 0 aromatic heterocycles. The molecule has 1 N–H and O–H groups in total. The summed E-state index contributed by atoms with van der Waals surface area (Å²) in [4.78, 5) is 2.88. The molecule has 0 aromatic carbocycles. The highest BCUT2D eigenvalue weighted by Gasteiger charge is 2.04. The average molecular weight is 163 g/mol. The third-order valence-corrected chi connectivity index (χ3v) is 1.33. The molecule has 1 atom stereocenters. The van der Waals surface area contributed by atoms with Crippen molar-refractivity contribution in [2.24, 2.45) is 0 Å². The Morgan fingerprint density at radius 3 is 2.45 bits per heavy atom. The second-order valence-electron chi connectivity index (χ2n) is 2.70. The predicted octanol–water partition coefficient (Wildman–Crippen LogP) is 1.83. The quantitative estimate of drug-likeness (QED) is 0.369. The number of quaternary nitrogens is 1. The van der Waals surface area contributed by atoms with Crippen LogP contribution in [-0.2, 0) is 4.84 Å². The van der Waals surface area contributed by atoms with E-state index in [0.29, 0.717) is 6.61 Å². The van der Waals surface area contributed by atoms with E-state index in [1.165, 1.54) is 0 Å². The first-order valence-corrected chi connectivity index (χ1v) is 4.01. The SMILES string of the molecule is CCCCCCO[N+](C)([O-])O. The van der Waals surface area contributed by atoms with E-state index in [4.69, 9.17) is 5.21 Å². The van der Waals surface area contributed by atoms with Crippen molar-refractivity contribution in [2.75, 3.05) is 13.7 Å². The van der Waals surface area contributed by atoms with Crippen LogP contribution in [0.15, 0.2) is 0 Å². The van der Waals surface area contributed by atoms with E-state index < -0.39 is 4.97 Å². The van der Waals surface area contributed by atoms with E-state index >= 15 is 0 Å². The third kappa shape index (κ3) is 9.84. The molecule has 68 valence electrons. The molecule has 0 saturated heterocycles. The van der Waals surface area contributed by atoms with E-state index in [1.54, 1.807) is 0 Å². The Morgan fingerprint density at radius 1 is 1.36 bits per heavy atom. The normalized spacial score (nSPS) is 16.4. The number of hydrogen-bond acceptors (Lipinski definition) is 3. The lowest BCUT2D eigenvalue weighted by Gasteiger charge is -2.24. The summed E-state index contributed by atoms with van der Waals surface area (Å²) in [6, 6.07) is 0. The minimum Gasteiger partial charge on any atom is -0.564 e. The Hall–Kier alpha value is -0.160. The fraction of sp³-hybridized carbons (Fsp3) is 1.00. The van der Waals surface area contributed by atoms with Crippen LogP contribution < -0.4 is 0 Å². The molecule has 11 heavy (non-hydrogen) atoms. The van der Waals surface area contributed by atoms with Gasteiger partial charge in [0.05, 0.1) is 0 Å². The smallest absolute Gasteiger partial charge is 0.132 e. The van der Waals surface area contributed by atoms with Crippen LogP contribution in [-0.4, -0.2) is 23.8 Å². The van der Waals surface area contributed by atoms with Gasteiger partial charge in [-0.05, 0) is 6.42 Å². The zero-order valence-corrected chi connectivity index (χ0v) is 7.25. The molecule has 0 saturated carbocycles. The highest BCUT2D eigenvalue weighted by molar-refractivity contribution is 4.36. The van der Waals surface area contributed by atoms with Crippen molar-refractivity contribution in [2.45, 2.75) is 32.6 Å². The number of hydroxylamine groups is 3. The van der Waals surface area contributed by atoms with Crippen molar-refractivity contribution in [3.05, 3.63) is 5.21 Å². The van der Waals surface area contributed by atoms with Crippen LogP contribution in [0.3, 0.4) is 0 Å². The molecule has 0 aliphatic heterocycles. The Bertz CT molecular complexity index is 90.2. The Morgan fingerprint density at radius 2 is 2.00 bits per heavy atom. The van der Waals surface area contributed by atoms with Gasteiger partial charge in [-0.15, -0.1) is 0 Å². The largest absolute Gasteiger partial charge is 0.564 e. The lowest BCUT2D eigenvalue weighted by atomic mass is 10.2. The van der Waals surface area contributed by atoms with Crippen LogP contribution in [0.5, 0.6) is 0 Å². The monoisotopic (exact) mass is 163 g/mol. The molecule has 0 heterocycles. The van der Waals surface area contributed by atoms with Gasteiger partial charge >= 0.3 is 0 Å². The topological polar surface area (TPSA) is 52.5 Å². The van der Waals surface area contributed by atoms with Gasteiger partial charge < -0.3 is 5.21 Å². The number of unbranched alkanes of at least 4 members (excludes halogenated alkanes) is 3. The molecule has 0 radical (unpaired) electrons. The highest BCUT2D eigenvalue weighted by Crippen LogP contribution is 2.01. The fourth-order valence-electron chi connectivity index (χ4n) is 0.763. The van der Waals surface area contributed by atoms with Crippen LogP contribution in [0.25, 0.3) is 0 Å². The first-order chi connectivity index (χ1) is 5.06. The van der Waals surface area contributed by atoms with Gasteiger partial charge in [-0.2, -0.15) is 10.0 Å². The van der Waals surface area contributed by atoms with Gasteiger partial charge in [0.2, 0.25) is 0 Å². The Balaban J connectivity index is 3.02. The molecule has 0 spiro atoms. The molecular weight excluding hydrogens is 146 g/mol. The van der Waals surface area contributed by atoms with Crippen LogP contribution in [0.2, 0.25) is 0 Å². The maximum atomic E-state index is 10.4. The highest BCUT2D eigenvalue weighted by atomic mass is 17.1. The standard InChI is InChI=1S/C7H17NO3/c1-3-4-5-6-7-11-8(2,9)10/h9H,3-7H2,1-2H3. The van der Waals surface area contributed by atoms with E-state index in [2.05, 4.69) is 11.8 Å². The van der Waals surface area contributed by atoms with Crippen molar-refractivity contribution >= 4 is 0 Å². The molecule has 4 heteroatoms. The summed E-state index contributed by atoms with van der Waals surface area (Å²) in [6.07, 6.45) is 4.20. The molecule has 0 fully saturated rings. The van der Waals surface area contributed by atoms with Gasteiger partial charge in [0.15, 0.2) is 0 Å². The van der Waals surface area contributed by atoms with Crippen LogP contribution in [0.1, 0.15) is 32.6 Å². The minimum absolute atomic E-state index is 0.330. The maximum Gasteiger partial charge on any atom is 0.132 e. The van der Waals surface area contributed by atoms with Gasteiger partial charge in [0.25, 0.3) is 0 Å². The van der Waals surface area contributed by atoms with E-state index in [9.17, 15) is 5.21 Å². The molecule has 0 amide bonds. The summed E-state index contributed by atoms with van der Waals surface area (Å²) in [5.74, 6) is 0. The first kappa shape index (κ1) is 10.8. The van der Waals surface area contributed by atoms with Crippen molar-refractivity contribution in [1.29, 1.82) is 0 Å². The maximum absolute atomic E-state index is 10.4. The number of nitrogens with zero attached hydrogens (tertiary/aromatic N) is 1. The van der Waals surface area contributed by atoms with Gasteiger partial charge in [0, 0.05) is 0 Å². The van der Waals surface area contributed by atoms with Gasteiger partial charge in [0.1, 0.15) is 13.7 Å². The van der Waals surface area contributed by atoms with Gasteiger partial charge in [-0.1, -0.05) is 31.2 Å². The molecule has 1 unspecified atom stereocenters. The van der Waals surface area contributed by atoms with Gasteiger partial charge in [-0.3, -0.25) is 0 Å². The zero-order chi connectivity index (χ0) is 8.74. The first-order valence-electron chi connectivity index (χ1n) is 4.01. The van der Waals surface area contributed by atoms with E-state index in [-0.39, 0.29) is 0 Å². The van der Waals surface area contributed by atoms with Crippen molar-refractivity contribution < 1.29 is 15.0 Å². The van der Waals surface area contributed by atoms with Crippen LogP contribution in [0.4, 0.5) is 0 Å². The molecular formula is C7H17NO3. The third-order valence-electron chi connectivity index (χ3n) is 1.33. The molecule has 0 rings (SSSR count). The average Bonchev–Trinajstić information content (AvgIpc) is 1.85. The molecule has 4 nitrogen and oxygen atoms in total. The Labute approximate surface area is 67.5 Å². The number of rotatable bonds is 6. The summed E-state index contributed by atoms with van der Waals surface area (Å²) >= 11 is 0. The predicted molar refractivity (Wildman–Crippen MR) is 41.4 cm³/mol. The van der Waals surface area contributed by atoms with Crippen molar-refractivity contribution in [1.82, 2.24) is 0 Å². The summed E-state index contributed by atoms with van der Waals surface area (Å²) < 4.78 is 0. The molecule has 0 aliphatic carbocycles. The van der Waals surface area contributed by atoms with Crippen molar-refractivity contribution in [3.8, 4) is 0 Å². The Kier molecular flexibility index (Phi) is 5.41. The van der Waals surface area contributed by atoms with E-state index in [0.717, 1.165) is 32.7 Å². The van der Waals surface area contributed by atoms with Crippen LogP contribution >= 0.6 is 0 Å². The van der Waals surface area contributed by atoms with Gasteiger partial charge in [-0.25, -0.2) is 0 Å². The van der Waals surface area contributed by atoms with Crippen LogP contribution in [0, 0.1) is 5.21 Å². The second-order valence-corrected chi connectivity index (χ2v) is 2.70. The fourth-order valence-corrected chi connectivity index (χ4v) is 0.763. The molecule has 0 bridgehead atoms. The molecule has 0 aliphatic rings.